The van der Waals surface area contributed by atoms with Crippen LogP contribution in [0, 0.1) is 11.3 Å². The average molecular weight is 404 g/mol. The summed E-state index contributed by atoms with van der Waals surface area (Å²) in [5, 5.41) is 14.7. The molecule has 1 saturated carbocycles. The zero-order chi connectivity index (χ0) is 20.4. The summed E-state index contributed by atoms with van der Waals surface area (Å²) in [5.41, 5.74) is -0.414. The molecule has 1 aromatic rings. The summed E-state index contributed by atoms with van der Waals surface area (Å²) in [5.74, 6) is -0.887. The fourth-order valence-corrected chi connectivity index (χ4v) is 3.57. The van der Waals surface area contributed by atoms with Crippen LogP contribution in [0.5, 0.6) is 0 Å². The molecule has 7 nitrogen and oxygen atoms in total. The van der Waals surface area contributed by atoms with E-state index in [1.165, 1.54) is 0 Å². The van der Waals surface area contributed by atoms with Gasteiger partial charge in [-0.15, -0.1) is 0 Å². The Morgan fingerprint density at radius 2 is 1.93 bits per heavy atom. The standard InChI is InChI=1S/C20H25N3O4S/c1-28-12-9-16(22-18(25)15-7-3-2-4-8-15)19(26)27-13-17(24)23-20(14-21)10-5-6-11-20/h2-4,7-8,16H,5-6,9-13H2,1H3,(H,22,25)(H,23,24)/t16-/m0/s1. The van der Waals surface area contributed by atoms with Crippen LogP contribution in [0.25, 0.3) is 0 Å². The maximum absolute atomic E-state index is 12.4. The monoisotopic (exact) mass is 403 g/mol. The van der Waals surface area contributed by atoms with E-state index in [9.17, 15) is 19.6 Å². The number of nitrogens with one attached hydrogen (secondary N) is 2. The van der Waals surface area contributed by atoms with E-state index in [0.717, 1.165) is 12.8 Å². The normalized spacial score (nSPS) is 15.9. The smallest absolute Gasteiger partial charge is 0.329 e. The molecule has 1 aromatic carbocycles. The second-order valence-corrected chi connectivity index (χ2v) is 7.72. The Hall–Kier alpha value is -2.53. The number of nitriles is 1. The van der Waals surface area contributed by atoms with Crippen molar-refractivity contribution in [3.05, 3.63) is 35.9 Å². The van der Waals surface area contributed by atoms with Crippen LogP contribution in [0.3, 0.4) is 0 Å². The first-order valence-corrected chi connectivity index (χ1v) is 10.6. The van der Waals surface area contributed by atoms with Crippen LogP contribution in [0.2, 0.25) is 0 Å². The van der Waals surface area contributed by atoms with Gasteiger partial charge in [-0.05, 0) is 56.2 Å². The van der Waals surface area contributed by atoms with Crippen molar-refractivity contribution < 1.29 is 19.1 Å². The fraction of sp³-hybridized carbons (Fsp3) is 0.500. The zero-order valence-corrected chi connectivity index (χ0v) is 16.7. The third-order valence-corrected chi connectivity index (χ3v) is 5.28. The molecule has 2 rings (SSSR count). The van der Waals surface area contributed by atoms with Crippen LogP contribution in [0.15, 0.2) is 30.3 Å². The van der Waals surface area contributed by atoms with Gasteiger partial charge in [-0.1, -0.05) is 18.2 Å². The van der Waals surface area contributed by atoms with Crippen molar-refractivity contribution in [1.82, 2.24) is 10.6 Å². The molecular weight excluding hydrogens is 378 g/mol. The van der Waals surface area contributed by atoms with Crippen molar-refractivity contribution in [2.75, 3.05) is 18.6 Å². The number of hydrogen-bond donors (Lipinski definition) is 2. The summed E-state index contributed by atoms with van der Waals surface area (Å²) in [7, 11) is 0. The first-order valence-electron chi connectivity index (χ1n) is 9.23. The molecule has 1 aliphatic carbocycles. The predicted molar refractivity (Wildman–Crippen MR) is 107 cm³/mol. The molecule has 1 fully saturated rings. The third kappa shape index (κ3) is 6.27. The van der Waals surface area contributed by atoms with Gasteiger partial charge >= 0.3 is 5.97 Å². The van der Waals surface area contributed by atoms with Gasteiger partial charge in [-0.3, -0.25) is 9.59 Å². The minimum atomic E-state index is -0.858. The first kappa shape index (κ1) is 21.8. The Kier molecular flexibility index (Phi) is 8.33. The van der Waals surface area contributed by atoms with Gasteiger partial charge in [0.2, 0.25) is 0 Å². The van der Waals surface area contributed by atoms with E-state index in [4.69, 9.17) is 4.74 Å². The molecule has 0 aromatic heterocycles. The van der Waals surface area contributed by atoms with E-state index in [1.54, 1.807) is 42.1 Å². The summed E-state index contributed by atoms with van der Waals surface area (Å²) >= 11 is 1.54. The van der Waals surface area contributed by atoms with E-state index in [2.05, 4.69) is 16.7 Å². The van der Waals surface area contributed by atoms with E-state index in [-0.39, 0.29) is 5.91 Å². The van der Waals surface area contributed by atoms with Crippen LogP contribution in [0.4, 0.5) is 0 Å². The molecule has 28 heavy (non-hydrogen) atoms. The Labute approximate surface area is 169 Å². The minimum Gasteiger partial charge on any atom is -0.454 e. The molecule has 1 aliphatic rings. The Morgan fingerprint density at radius 1 is 1.25 bits per heavy atom. The van der Waals surface area contributed by atoms with Crippen molar-refractivity contribution in [3.8, 4) is 6.07 Å². The number of carbonyl (C=O) groups excluding carboxylic acids is 3. The summed E-state index contributed by atoms with van der Waals surface area (Å²) in [4.78, 5) is 36.9. The highest BCUT2D eigenvalue weighted by molar-refractivity contribution is 7.98. The van der Waals surface area contributed by atoms with Crippen molar-refractivity contribution in [2.45, 2.75) is 43.7 Å². The van der Waals surface area contributed by atoms with Gasteiger partial charge < -0.3 is 15.4 Å². The SMILES string of the molecule is CSCC[C@H](NC(=O)c1ccccc1)C(=O)OCC(=O)NC1(C#N)CCCC1. The molecule has 0 aliphatic heterocycles. The van der Waals surface area contributed by atoms with Crippen molar-refractivity contribution in [2.24, 2.45) is 0 Å². The van der Waals surface area contributed by atoms with Gasteiger partial charge in [0.1, 0.15) is 11.6 Å². The molecule has 0 saturated heterocycles. The maximum atomic E-state index is 12.4. The molecule has 8 heteroatoms. The predicted octanol–water partition coefficient (Wildman–Crippen LogP) is 2.03. The van der Waals surface area contributed by atoms with Gasteiger partial charge in [0, 0.05) is 5.56 Å². The van der Waals surface area contributed by atoms with Gasteiger partial charge in [0.15, 0.2) is 6.61 Å². The molecular formula is C20H25N3O4S. The van der Waals surface area contributed by atoms with Gasteiger partial charge in [0.05, 0.1) is 6.07 Å². The molecule has 0 unspecified atom stereocenters. The molecule has 0 heterocycles. The Morgan fingerprint density at radius 3 is 2.54 bits per heavy atom. The van der Waals surface area contributed by atoms with Gasteiger partial charge in [-0.25, -0.2) is 4.79 Å². The van der Waals surface area contributed by atoms with Gasteiger partial charge in [0.25, 0.3) is 11.8 Å². The molecule has 2 N–H and O–H groups in total. The second-order valence-electron chi connectivity index (χ2n) is 6.73. The molecule has 150 valence electrons. The zero-order valence-electron chi connectivity index (χ0n) is 15.9. The average Bonchev–Trinajstić information content (AvgIpc) is 3.18. The lowest BCUT2D eigenvalue weighted by Gasteiger charge is -2.22. The molecule has 0 radical (unpaired) electrons. The summed E-state index contributed by atoms with van der Waals surface area (Å²) in [6, 6.07) is 9.90. The van der Waals surface area contributed by atoms with Crippen LogP contribution < -0.4 is 10.6 Å². The Balaban J connectivity index is 1.90. The lowest BCUT2D eigenvalue weighted by Crippen LogP contribution is -2.48. The summed E-state index contributed by atoms with van der Waals surface area (Å²) in [6.07, 6.45) is 5.27. The largest absolute Gasteiger partial charge is 0.454 e. The number of hydrogen-bond acceptors (Lipinski definition) is 6. The number of benzene rings is 1. The number of thioether (sulfide) groups is 1. The lowest BCUT2D eigenvalue weighted by atomic mass is 10.00. The van der Waals surface area contributed by atoms with Crippen LogP contribution in [-0.4, -0.2) is 48.0 Å². The highest BCUT2D eigenvalue weighted by Gasteiger charge is 2.35. The quantitative estimate of drug-likeness (QED) is 0.611. The highest BCUT2D eigenvalue weighted by Crippen LogP contribution is 2.28. The topological polar surface area (TPSA) is 108 Å². The third-order valence-electron chi connectivity index (χ3n) is 4.63. The second kappa shape index (κ2) is 10.7. The van der Waals surface area contributed by atoms with E-state index >= 15 is 0 Å². The molecule has 0 bridgehead atoms. The van der Waals surface area contributed by atoms with Crippen LogP contribution in [-0.2, 0) is 14.3 Å². The van der Waals surface area contributed by atoms with E-state index in [1.807, 2.05) is 6.26 Å². The minimum absolute atomic E-state index is 0.373. The molecule has 2 amide bonds. The van der Waals surface area contributed by atoms with Crippen LogP contribution >= 0.6 is 11.8 Å². The highest BCUT2D eigenvalue weighted by atomic mass is 32.2. The van der Waals surface area contributed by atoms with Crippen molar-refractivity contribution in [1.29, 1.82) is 5.26 Å². The lowest BCUT2D eigenvalue weighted by molar-refractivity contribution is -0.150. The number of esters is 1. The number of ether oxygens (including phenoxy) is 1. The maximum Gasteiger partial charge on any atom is 0.329 e. The van der Waals surface area contributed by atoms with Crippen LogP contribution in [0.1, 0.15) is 42.5 Å². The number of rotatable bonds is 9. The van der Waals surface area contributed by atoms with Crippen molar-refractivity contribution in [3.63, 3.8) is 0 Å². The molecule has 0 spiro atoms. The number of carbonyl (C=O) groups is 3. The van der Waals surface area contributed by atoms with E-state index < -0.39 is 30.1 Å². The number of nitrogens with zero attached hydrogens (tertiary/aromatic N) is 1. The first-order chi connectivity index (χ1) is 13.5. The van der Waals surface area contributed by atoms with Crippen molar-refractivity contribution >= 4 is 29.5 Å². The fourth-order valence-electron chi connectivity index (χ4n) is 3.10. The van der Waals surface area contributed by atoms with E-state index in [0.29, 0.717) is 30.6 Å². The number of amides is 2. The Bertz CT molecular complexity index is 727. The summed E-state index contributed by atoms with van der Waals surface area (Å²) < 4.78 is 5.12. The molecule has 1 atom stereocenters. The van der Waals surface area contributed by atoms with Gasteiger partial charge in [-0.2, -0.15) is 17.0 Å². The summed E-state index contributed by atoms with van der Waals surface area (Å²) in [6.45, 7) is -0.473.